The molecule has 246 valence electrons. The molecule has 1 N–H and O–H groups in total. The normalized spacial score (nSPS) is 25.6. The van der Waals surface area contributed by atoms with Crippen LogP contribution in [0.1, 0.15) is 57.6 Å². The van der Waals surface area contributed by atoms with Crippen molar-refractivity contribution < 1.29 is 9.53 Å². The first-order valence-electron chi connectivity index (χ1n) is 17.0. The summed E-state index contributed by atoms with van der Waals surface area (Å²) in [6, 6.07) is 6.43. The summed E-state index contributed by atoms with van der Waals surface area (Å²) in [6.45, 7) is 13.5. The van der Waals surface area contributed by atoms with Crippen LogP contribution in [0.15, 0.2) is 41.8 Å². The number of nitrogens with zero attached hydrogens (tertiary/aromatic N) is 6. The highest BCUT2D eigenvalue weighted by Crippen LogP contribution is 2.49. The quantitative estimate of drug-likeness (QED) is 0.255. The number of hydrogen-bond acceptors (Lipinski definition) is 7. The Morgan fingerprint density at radius 1 is 1.15 bits per heavy atom. The van der Waals surface area contributed by atoms with E-state index in [-0.39, 0.29) is 29.7 Å². The van der Waals surface area contributed by atoms with Gasteiger partial charge in [-0.25, -0.2) is 4.79 Å². The maximum absolute atomic E-state index is 14.3. The second kappa shape index (κ2) is 11.7. The standard InChI is InChI=1S/C36H42ClN7O3/c1-5-30(45)42-16-22(4)43(17-21(42)3)35-26-14-28(37)32(31-20(2)8-11-29-27(31)15-38-40-29)34-33(26)44(36(46)39-35)25(19-47-34)7-6-12-41-18-23-9-10-24(41)13-23/h5,8,11,14-15,21-25H,1,6-7,9-10,12-13,16-19H2,2-4H3,(H,38,40)/t21-,22+,23-,24-,25-/m1/s1. The Morgan fingerprint density at radius 3 is 2.77 bits per heavy atom. The lowest BCUT2D eigenvalue weighted by molar-refractivity contribution is -0.128. The van der Waals surface area contributed by atoms with Crippen molar-refractivity contribution in [3.63, 3.8) is 0 Å². The van der Waals surface area contributed by atoms with Crippen LogP contribution < -0.4 is 15.3 Å². The molecule has 4 aliphatic rings. The van der Waals surface area contributed by atoms with Gasteiger partial charge in [0.25, 0.3) is 0 Å². The summed E-state index contributed by atoms with van der Waals surface area (Å²) in [5, 5.41) is 9.65. The van der Waals surface area contributed by atoms with E-state index in [0.29, 0.717) is 36.3 Å². The molecule has 5 heterocycles. The third-order valence-corrected chi connectivity index (χ3v) is 11.5. The molecular weight excluding hydrogens is 614 g/mol. The Balaban J connectivity index is 1.25. The summed E-state index contributed by atoms with van der Waals surface area (Å²) < 4.78 is 8.62. The summed E-state index contributed by atoms with van der Waals surface area (Å²) in [5.74, 6) is 1.95. The smallest absolute Gasteiger partial charge is 0.350 e. The second-order valence-corrected chi connectivity index (χ2v) is 14.5. The maximum atomic E-state index is 14.3. The van der Waals surface area contributed by atoms with Crippen LogP contribution in [0.5, 0.6) is 5.75 Å². The number of benzene rings is 2. The largest absolute Gasteiger partial charge is 0.488 e. The number of nitrogens with one attached hydrogen (secondary N) is 1. The van der Waals surface area contributed by atoms with Crippen molar-refractivity contribution in [2.24, 2.45) is 5.92 Å². The zero-order valence-electron chi connectivity index (χ0n) is 27.3. The van der Waals surface area contributed by atoms with Gasteiger partial charge in [0.05, 0.1) is 28.3 Å². The van der Waals surface area contributed by atoms with E-state index >= 15 is 0 Å². The van der Waals surface area contributed by atoms with Crippen molar-refractivity contribution in [2.45, 2.75) is 77.0 Å². The number of rotatable bonds is 7. The number of aromatic amines is 1. The van der Waals surface area contributed by atoms with Crippen molar-refractivity contribution in [3.05, 3.63) is 58.1 Å². The fraction of sp³-hybridized carbons (Fsp3) is 0.500. The number of H-pyrrole nitrogens is 1. The third-order valence-electron chi connectivity index (χ3n) is 11.2. The predicted molar refractivity (Wildman–Crippen MR) is 185 cm³/mol. The molecular formula is C36H42ClN7O3. The molecule has 3 aliphatic heterocycles. The Labute approximate surface area is 279 Å². The Kier molecular flexibility index (Phi) is 7.56. The summed E-state index contributed by atoms with van der Waals surface area (Å²) in [5.41, 5.74) is 4.11. The average molecular weight is 656 g/mol. The van der Waals surface area contributed by atoms with Crippen LogP contribution in [-0.4, -0.2) is 86.4 Å². The number of anilines is 1. The number of likely N-dealkylation sites (tertiary alicyclic amines) is 1. The lowest BCUT2D eigenvalue weighted by atomic mass is 9.93. The summed E-state index contributed by atoms with van der Waals surface area (Å²) in [7, 11) is 0. The number of amides is 1. The molecule has 1 aliphatic carbocycles. The molecule has 2 bridgehead atoms. The molecule has 5 atom stereocenters. The Morgan fingerprint density at radius 2 is 2.00 bits per heavy atom. The molecule has 3 fully saturated rings. The molecule has 0 spiro atoms. The number of piperazine rings is 1. The predicted octanol–water partition coefficient (Wildman–Crippen LogP) is 5.71. The highest BCUT2D eigenvalue weighted by atomic mass is 35.5. The zero-order valence-corrected chi connectivity index (χ0v) is 28.1. The van der Waals surface area contributed by atoms with Crippen LogP contribution in [0, 0.1) is 12.8 Å². The number of ether oxygens (including phenoxy) is 1. The van der Waals surface area contributed by atoms with Gasteiger partial charge in [-0.1, -0.05) is 24.2 Å². The number of halogens is 1. The van der Waals surface area contributed by atoms with E-state index in [1.54, 1.807) is 0 Å². The minimum Gasteiger partial charge on any atom is -0.488 e. The summed E-state index contributed by atoms with van der Waals surface area (Å²) in [4.78, 5) is 38.3. The molecule has 0 unspecified atom stereocenters. The number of aromatic nitrogens is 4. The van der Waals surface area contributed by atoms with Gasteiger partial charge in [0.2, 0.25) is 5.91 Å². The highest BCUT2D eigenvalue weighted by molar-refractivity contribution is 6.35. The maximum Gasteiger partial charge on any atom is 0.350 e. The molecule has 2 saturated heterocycles. The molecule has 2 aromatic carbocycles. The third kappa shape index (κ3) is 4.94. The first kappa shape index (κ1) is 30.4. The van der Waals surface area contributed by atoms with Gasteiger partial charge in [-0.2, -0.15) is 10.1 Å². The lowest BCUT2D eigenvalue weighted by Gasteiger charge is -2.45. The van der Waals surface area contributed by atoms with Crippen LogP contribution in [0.25, 0.3) is 32.9 Å². The fourth-order valence-electron chi connectivity index (χ4n) is 8.86. The Bertz CT molecular complexity index is 1970. The van der Waals surface area contributed by atoms with E-state index in [4.69, 9.17) is 21.3 Å². The number of carbonyl (C=O) groups excluding carboxylic acids is 1. The topological polar surface area (TPSA) is 99.6 Å². The van der Waals surface area contributed by atoms with Crippen molar-refractivity contribution in [2.75, 3.05) is 37.7 Å². The van der Waals surface area contributed by atoms with Gasteiger partial charge in [-0.15, -0.1) is 0 Å². The lowest BCUT2D eigenvalue weighted by Crippen LogP contribution is -2.58. The number of fused-ring (bicyclic) bond motifs is 3. The van der Waals surface area contributed by atoms with Crippen LogP contribution in [0.2, 0.25) is 5.02 Å². The van der Waals surface area contributed by atoms with E-state index in [2.05, 4.69) is 46.5 Å². The summed E-state index contributed by atoms with van der Waals surface area (Å²) in [6.07, 6.45) is 9.02. The van der Waals surface area contributed by atoms with Crippen LogP contribution in [-0.2, 0) is 4.79 Å². The first-order chi connectivity index (χ1) is 22.7. The van der Waals surface area contributed by atoms with E-state index in [1.807, 2.05) is 34.7 Å². The number of carbonyl (C=O) groups is 1. The molecule has 1 saturated carbocycles. The molecule has 1 amide bonds. The zero-order chi connectivity index (χ0) is 32.6. The minimum absolute atomic E-state index is 0.0830. The van der Waals surface area contributed by atoms with Crippen molar-refractivity contribution >= 4 is 45.1 Å². The molecule has 11 heteroatoms. The number of aryl methyl sites for hydroxylation is 1. The van der Waals surface area contributed by atoms with E-state index < -0.39 is 0 Å². The SMILES string of the molecule is C=CC(=O)N1C[C@H](C)N(c2nc(=O)n3c4c(c(-c5c(C)ccc6[nH]ncc56)c(Cl)cc24)OC[C@H]3CCCN2C[C@@H]3CC[C@@H]2C3)C[C@H]1C. The van der Waals surface area contributed by atoms with Gasteiger partial charge in [-0.05, 0) is 89.1 Å². The van der Waals surface area contributed by atoms with E-state index in [9.17, 15) is 9.59 Å². The van der Waals surface area contributed by atoms with Gasteiger partial charge in [0.15, 0.2) is 5.75 Å². The van der Waals surface area contributed by atoms with Gasteiger partial charge >= 0.3 is 5.69 Å². The van der Waals surface area contributed by atoms with E-state index in [0.717, 1.165) is 69.8 Å². The fourth-order valence-corrected chi connectivity index (χ4v) is 9.15. The average Bonchev–Trinajstić information content (AvgIpc) is 3.82. The second-order valence-electron chi connectivity index (χ2n) is 14.1. The molecule has 10 nitrogen and oxygen atoms in total. The Hall–Kier alpha value is -3.89. The minimum atomic E-state index is -0.279. The van der Waals surface area contributed by atoms with Gasteiger partial charge < -0.3 is 19.4 Å². The highest BCUT2D eigenvalue weighted by Gasteiger charge is 2.39. The van der Waals surface area contributed by atoms with Crippen molar-refractivity contribution in [3.8, 4) is 16.9 Å². The van der Waals surface area contributed by atoms with Crippen LogP contribution in [0.3, 0.4) is 0 Å². The van der Waals surface area contributed by atoms with Crippen molar-refractivity contribution in [1.29, 1.82) is 0 Å². The number of hydrogen-bond donors (Lipinski definition) is 1. The van der Waals surface area contributed by atoms with Crippen LogP contribution >= 0.6 is 11.6 Å². The van der Waals surface area contributed by atoms with Gasteiger partial charge in [0.1, 0.15) is 12.4 Å². The molecule has 2 aromatic heterocycles. The first-order valence-corrected chi connectivity index (χ1v) is 17.4. The monoisotopic (exact) mass is 655 g/mol. The van der Waals surface area contributed by atoms with E-state index in [1.165, 1.54) is 31.9 Å². The molecule has 47 heavy (non-hydrogen) atoms. The van der Waals surface area contributed by atoms with Crippen LogP contribution in [0.4, 0.5) is 5.82 Å². The molecule has 4 aromatic rings. The van der Waals surface area contributed by atoms with Gasteiger partial charge in [-0.3, -0.25) is 14.5 Å². The molecule has 8 rings (SSSR count). The van der Waals surface area contributed by atoms with Gasteiger partial charge in [0, 0.05) is 59.7 Å². The summed E-state index contributed by atoms with van der Waals surface area (Å²) >= 11 is 7.25. The molecule has 0 radical (unpaired) electrons. The van der Waals surface area contributed by atoms with Crippen molar-refractivity contribution in [1.82, 2.24) is 29.5 Å². The number of piperidine rings is 1.